The highest BCUT2D eigenvalue weighted by Crippen LogP contribution is 2.42. The average Bonchev–Trinajstić information content (AvgIpc) is 3.12. The van der Waals surface area contributed by atoms with Gasteiger partial charge in [0.15, 0.2) is 6.29 Å². The summed E-state index contributed by atoms with van der Waals surface area (Å²) >= 11 is 0. The summed E-state index contributed by atoms with van der Waals surface area (Å²) in [6, 6.07) is 29.2. The van der Waals surface area contributed by atoms with Gasteiger partial charge in [-0.3, -0.25) is 0 Å². The van der Waals surface area contributed by atoms with E-state index in [9.17, 15) is 24.9 Å². The van der Waals surface area contributed by atoms with Crippen molar-refractivity contribution in [2.24, 2.45) is 5.92 Å². The Morgan fingerprint density at radius 3 is 2.34 bits per heavy atom. The van der Waals surface area contributed by atoms with E-state index in [4.69, 9.17) is 14.2 Å². The number of carbonyl (C=O) groups excluding carboxylic acids is 2. The molecule has 0 aliphatic carbocycles. The van der Waals surface area contributed by atoms with E-state index >= 15 is 0 Å². The van der Waals surface area contributed by atoms with E-state index in [1.54, 1.807) is 42.5 Å². The molecule has 0 unspecified atom stereocenters. The molecule has 50 heavy (non-hydrogen) atoms. The van der Waals surface area contributed by atoms with E-state index in [-0.39, 0.29) is 36.9 Å². The maximum atomic E-state index is 13.1. The normalized spacial score (nSPS) is 20.1. The van der Waals surface area contributed by atoms with Crippen molar-refractivity contribution in [2.75, 3.05) is 32.6 Å². The molecule has 5 N–H and O–H groups in total. The van der Waals surface area contributed by atoms with E-state index in [2.05, 4.69) is 17.6 Å². The molecular formula is C39H45N3O8. The molecule has 0 aromatic heterocycles. The quantitative estimate of drug-likeness (QED) is 0.119. The van der Waals surface area contributed by atoms with Gasteiger partial charge in [0.2, 0.25) is 0 Å². The molecule has 1 aliphatic heterocycles. The minimum atomic E-state index is -0.890. The van der Waals surface area contributed by atoms with Crippen molar-refractivity contribution in [1.29, 1.82) is 0 Å². The number of esters is 1. The van der Waals surface area contributed by atoms with Gasteiger partial charge in [-0.2, -0.15) is 0 Å². The van der Waals surface area contributed by atoms with Crippen molar-refractivity contribution in [3.05, 3.63) is 131 Å². The van der Waals surface area contributed by atoms with E-state index in [0.717, 1.165) is 16.7 Å². The second kappa shape index (κ2) is 17.2. The van der Waals surface area contributed by atoms with Gasteiger partial charge in [0, 0.05) is 36.7 Å². The van der Waals surface area contributed by atoms with Crippen molar-refractivity contribution >= 4 is 17.7 Å². The molecule has 5 rings (SSSR count). The predicted octanol–water partition coefficient (Wildman–Crippen LogP) is 5.25. The topological polar surface area (TPSA) is 150 Å². The molecule has 11 heteroatoms. The van der Waals surface area contributed by atoms with E-state index in [1.807, 2.05) is 72.6 Å². The van der Waals surface area contributed by atoms with Crippen LogP contribution in [0.15, 0.2) is 103 Å². The minimum Gasteiger partial charge on any atom is -0.508 e. The highest BCUT2D eigenvalue weighted by atomic mass is 16.7. The molecule has 0 bridgehead atoms. The van der Waals surface area contributed by atoms with Crippen LogP contribution in [0.4, 0.5) is 10.5 Å². The lowest BCUT2D eigenvalue weighted by molar-refractivity contribution is -0.276. The van der Waals surface area contributed by atoms with Gasteiger partial charge in [0.25, 0.3) is 0 Å². The fourth-order valence-electron chi connectivity index (χ4n) is 6.12. The SMILES string of the molecule is COC(=O)[C@H](Cc1ccccc1)NC(=O)Nc1cccc([C@H]2O[C@@H](CN(C)C[C@@H](O)c3cccc(O)c3)[C@@H](C)[C@@H](c3ccc(CO)cc3)O2)c1. The van der Waals surface area contributed by atoms with Crippen LogP contribution in [0.3, 0.4) is 0 Å². The van der Waals surface area contributed by atoms with Crippen LogP contribution in [0.5, 0.6) is 5.75 Å². The number of ether oxygens (including phenoxy) is 3. The van der Waals surface area contributed by atoms with Crippen molar-refractivity contribution in [3.63, 3.8) is 0 Å². The Morgan fingerprint density at radius 1 is 0.900 bits per heavy atom. The maximum absolute atomic E-state index is 13.1. The first-order valence-corrected chi connectivity index (χ1v) is 16.6. The number of nitrogens with zero attached hydrogens (tertiary/aromatic N) is 1. The summed E-state index contributed by atoms with van der Waals surface area (Å²) in [5.74, 6) is -0.564. The number of phenolic OH excluding ortho intramolecular Hbond substituents is 1. The highest BCUT2D eigenvalue weighted by Gasteiger charge is 2.39. The van der Waals surface area contributed by atoms with Crippen LogP contribution in [0.2, 0.25) is 0 Å². The summed E-state index contributed by atoms with van der Waals surface area (Å²) in [7, 11) is 3.19. The third-order valence-corrected chi connectivity index (χ3v) is 8.84. The van der Waals surface area contributed by atoms with Gasteiger partial charge in [-0.15, -0.1) is 0 Å². The molecule has 1 heterocycles. The molecule has 264 valence electrons. The zero-order valence-corrected chi connectivity index (χ0v) is 28.4. The largest absolute Gasteiger partial charge is 0.508 e. The summed E-state index contributed by atoms with van der Waals surface area (Å²) in [4.78, 5) is 27.6. The van der Waals surface area contributed by atoms with Gasteiger partial charge >= 0.3 is 12.0 Å². The maximum Gasteiger partial charge on any atom is 0.328 e. The fourth-order valence-corrected chi connectivity index (χ4v) is 6.12. The number of urea groups is 1. The third-order valence-electron chi connectivity index (χ3n) is 8.84. The van der Waals surface area contributed by atoms with Crippen LogP contribution in [-0.2, 0) is 32.0 Å². The first kappa shape index (κ1) is 36.5. The molecule has 0 spiro atoms. The first-order chi connectivity index (χ1) is 24.1. The Labute approximate surface area is 292 Å². The average molecular weight is 684 g/mol. The smallest absolute Gasteiger partial charge is 0.328 e. The van der Waals surface area contributed by atoms with E-state index < -0.39 is 30.4 Å². The highest BCUT2D eigenvalue weighted by molar-refractivity contribution is 5.92. The Hall–Kier alpha value is -4.78. The van der Waals surface area contributed by atoms with Crippen molar-refractivity contribution in [2.45, 2.75) is 50.6 Å². The lowest BCUT2D eigenvalue weighted by atomic mass is 9.90. The van der Waals surface area contributed by atoms with Crippen molar-refractivity contribution < 1.29 is 39.1 Å². The van der Waals surface area contributed by atoms with Crippen molar-refractivity contribution in [3.8, 4) is 5.75 Å². The molecule has 1 fully saturated rings. The number of anilines is 1. The van der Waals surface area contributed by atoms with Gasteiger partial charge < -0.3 is 45.1 Å². The van der Waals surface area contributed by atoms with Crippen LogP contribution in [0, 0.1) is 5.92 Å². The number of aliphatic hydroxyl groups excluding tert-OH is 2. The molecular weight excluding hydrogens is 638 g/mol. The van der Waals surface area contributed by atoms with Gasteiger partial charge in [0.1, 0.15) is 11.8 Å². The molecule has 0 radical (unpaired) electrons. The zero-order valence-electron chi connectivity index (χ0n) is 28.4. The predicted molar refractivity (Wildman–Crippen MR) is 188 cm³/mol. The number of amides is 2. The number of methoxy groups -OCH3 is 1. The lowest BCUT2D eigenvalue weighted by Gasteiger charge is -2.42. The number of nitrogens with one attached hydrogen (secondary N) is 2. The van der Waals surface area contributed by atoms with E-state index in [0.29, 0.717) is 29.9 Å². The van der Waals surface area contributed by atoms with Crippen molar-refractivity contribution in [1.82, 2.24) is 10.2 Å². The summed E-state index contributed by atoms with van der Waals surface area (Å²) in [5, 5.41) is 35.9. The van der Waals surface area contributed by atoms with Gasteiger partial charge in [-0.25, -0.2) is 9.59 Å². The number of hydrogen-bond acceptors (Lipinski definition) is 9. The van der Waals surface area contributed by atoms with Gasteiger partial charge in [0.05, 0.1) is 32.0 Å². The zero-order chi connectivity index (χ0) is 35.6. The number of aromatic hydroxyl groups is 1. The second-order valence-corrected chi connectivity index (χ2v) is 12.6. The Balaban J connectivity index is 1.32. The standard InChI is InChI=1S/C39H45N3O8/c1-25-35(23-42(2)22-34(45)29-11-8-14-32(44)21-29)49-38(50-36(25)28-17-15-27(24-43)16-18-28)30-12-7-13-31(20-30)40-39(47)41-33(37(46)48-3)19-26-9-5-4-6-10-26/h4-18,20-21,25,33-36,38,43-45H,19,22-24H2,1-3H3,(H2,40,41,47)/t25-,33+,34-,35+,36+,38+/m1/s1. The molecule has 2 amide bonds. The van der Waals surface area contributed by atoms with E-state index in [1.165, 1.54) is 7.11 Å². The number of aliphatic hydroxyl groups is 2. The number of rotatable bonds is 13. The Bertz CT molecular complexity index is 1700. The third kappa shape index (κ3) is 9.68. The van der Waals surface area contributed by atoms with Crippen LogP contribution in [-0.4, -0.2) is 71.6 Å². The molecule has 1 aliphatic rings. The summed E-state index contributed by atoms with van der Waals surface area (Å²) in [5.41, 5.74) is 4.35. The van der Waals surface area contributed by atoms with Crippen LogP contribution in [0.25, 0.3) is 0 Å². The van der Waals surface area contributed by atoms with Gasteiger partial charge in [-0.05, 0) is 53.6 Å². The monoisotopic (exact) mass is 683 g/mol. The molecule has 1 saturated heterocycles. The molecule has 6 atom stereocenters. The molecule has 4 aromatic carbocycles. The van der Waals surface area contributed by atoms with Gasteiger partial charge in [-0.1, -0.05) is 85.8 Å². The van der Waals surface area contributed by atoms with Crippen LogP contribution < -0.4 is 10.6 Å². The molecule has 4 aromatic rings. The van der Waals surface area contributed by atoms with Crippen LogP contribution in [0.1, 0.15) is 53.2 Å². The number of carbonyl (C=O) groups is 2. The molecule has 0 saturated carbocycles. The number of likely N-dealkylation sites (N-methyl/N-ethyl adjacent to an activating group) is 1. The summed E-state index contributed by atoms with van der Waals surface area (Å²) in [6.07, 6.45) is -2.04. The fraction of sp³-hybridized carbons (Fsp3) is 0.333. The number of phenols is 1. The molecule has 11 nitrogen and oxygen atoms in total. The number of hydrogen-bond donors (Lipinski definition) is 5. The second-order valence-electron chi connectivity index (χ2n) is 12.6. The number of benzene rings is 4. The lowest BCUT2D eigenvalue weighted by Crippen LogP contribution is -2.45. The Morgan fingerprint density at radius 2 is 1.64 bits per heavy atom. The summed E-state index contributed by atoms with van der Waals surface area (Å²) < 4.78 is 18.1. The first-order valence-electron chi connectivity index (χ1n) is 16.6. The summed E-state index contributed by atoms with van der Waals surface area (Å²) in [6.45, 7) is 2.77. The van der Waals surface area contributed by atoms with Crippen LogP contribution >= 0.6 is 0 Å². The Kier molecular flexibility index (Phi) is 12.6. The minimum absolute atomic E-state index is 0.0674.